The fraction of sp³-hybridized carbons (Fsp3) is 0.300. The molecule has 0 amide bonds. The van der Waals surface area contributed by atoms with Crippen LogP contribution in [-0.2, 0) is 17.1 Å². The molecule has 0 bridgehead atoms. The first-order chi connectivity index (χ1) is 5.13. The van der Waals surface area contributed by atoms with E-state index < -0.39 is 0 Å². The van der Waals surface area contributed by atoms with Gasteiger partial charge in [0.1, 0.15) is 0 Å². The van der Waals surface area contributed by atoms with Crippen molar-refractivity contribution in [2.24, 2.45) is 0 Å². The van der Waals surface area contributed by atoms with Gasteiger partial charge in [0.15, 0.2) is 0 Å². The second-order valence-electron chi connectivity index (χ2n) is 2.84. The molecule has 1 aromatic rings. The Morgan fingerprint density at radius 1 is 1.00 bits per heavy atom. The molecule has 0 saturated carbocycles. The first-order valence-corrected chi connectivity index (χ1v) is 4.08. The van der Waals surface area contributed by atoms with E-state index in [1.54, 1.807) is 0 Å². The number of rotatable bonds is 0. The zero-order valence-electron chi connectivity index (χ0n) is 8.64. The van der Waals surface area contributed by atoms with E-state index in [9.17, 15) is 0 Å². The van der Waals surface area contributed by atoms with Crippen molar-refractivity contribution in [3.05, 3.63) is 36.2 Å². The quantitative estimate of drug-likeness (QED) is 0.400. The monoisotopic (exact) mass is 237 g/mol. The van der Waals surface area contributed by atoms with Crippen LogP contribution in [0.4, 0.5) is 0 Å². The van der Waals surface area contributed by atoms with E-state index >= 15 is 0 Å². The van der Waals surface area contributed by atoms with E-state index in [1.165, 1.54) is 5.92 Å². The maximum Gasteiger partial charge on any atom is 1.00 e. The van der Waals surface area contributed by atoms with E-state index in [1.807, 2.05) is 30.3 Å². The zero-order valence-corrected chi connectivity index (χ0v) is 10.5. The minimum atomic E-state index is 0. The maximum absolute atomic E-state index is 4.08. The Hall–Kier alpha value is 0.687. The van der Waals surface area contributed by atoms with Crippen LogP contribution in [0.2, 0.25) is 0 Å². The minimum Gasteiger partial charge on any atom is -0.323 e. The van der Waals surface area contributed by atoms with Crippen LogP contribution in [0.5, 0.6) is 0 Å². The molecule has 0 spiro atoms. The predicted molar refractivity (Wildman–Crippen MR) is 59.7 cm³/mol. The van der Waals surface area contributed by atoms with Crippen LogP contribution in [0.3, 0.4) is 0 Å². The molecule has 0 unspecified atom stereocenters. The van der Waals surface area contributed by atoms with Crippen LogP contribution in [0.1, 0.15) is 20.8 Å². The number of thiol groups is 1. The summed E-state index contributed by atoms with van der Waals surface area (Å²) in [5.41, 5.74) is 0. The smallest absolute Gasteiger partial charge is 0.323 e. The number of hydrogen-bond acceptors (Lipinski definition) is 1. The molecule has 0 fully saturated rings. The van der Waals surface area contributed by atoms with Crippen molar-refractivity contribution in [3.63, 3.8) is 0 Å². The van der Waals surface area contributed by atoms with E-state index in [-0.39, 0.29) is 35.9 Å². The molecule has 0 aliphatic carbocycles. The Balaban J connectivity index is -0.000000150. The van der Waals surface area contributed by atoms with Crippen molar-refractivity contribution in [3.8, 4) is 0 Å². The van der Waals surface area contributed by atoms with E-state index in [2.05, 4.69) is 33.4 Å². The molecule has 13 heavy (non-hydrogen) atoms. The van der Waals surface area contributed by atoms with Crippen LogP contribution >= 0.6 is 12.6 Å². The van der Waals surface area contributed by atoms with E-state index in [0.29, 0.717) is 0 Å². The summed E-state index contributed by atoms with van der Waals surface area (Å²) in [6.45, 7) is 6.25. The molecular formula is C10H15CuLiS. The molecule has 0 atom stereocenters. The average Bonchev–Trinajstić information content (AvgIpc) is 1.87. The second-order valence-corrected chi connectivity index (χ2v) is 3.35. The first kappa shape index (κ1) is 19.3. The molecule has 73 valence electrons. The fourth-order valence-corrected chi connectivity index (χ4v) is 0.600. The molecule has 0 aliphatic heterocycles. The molecule has 0 heterocycles. The van der Waals surface area contributed by atoms with Crippen LogP contribution < -0.4 is 0 Å². The third kappa shape index (κ3) is 19.2. The van der Waals surface area contributed by atoms with Crippen molar-refractivity contribution in [2.75, 3.05) is 0 Å². The Kier molecular flexibility index (Phi) is 18.8. The summed E-state index contributed by atoms with van der Waals surface area (Å²) in [5, 5.41) is 0. The summed E-state index contributed by atoms with van der Waals surface area (Å²) in [7, 11) is 0. The summed E-state index contributed by atoms with van der Waals surface area (Å²) in [6, 6.07) is 9.79. The molecule has 3 heteroatoms. The average molecular weight is 238 g/mol. The van der Waals surface area contributed by atoms with Gasteiger partial charge in [-0.15, -0.1) is 12.6 Å². The van der Waals surface area contributed by atoms with E-state index in [4.69, 9.17) is 0 Å². The molecular weight excluding hydrogens is 223 g/mol. The van der Waals surface area contributed by atoms with Gasteiger partial charge in [0, 0.05) is 23.8 Å². The van der Waals surface area contributed by atoms with Gasteiger partial charge >= 0.3 is 17.1 Å². The molecule has 0 aliphatic rings. The Bertz CT molecular complexity index is 175. The summed E-state index contributed by atoms with van der Waals surface area (Å²) < 4.78 is 0. The topological polar surface area (TPSA) is 0 Å². The third-order valence-corrected chi connectivity index (χ3v) is 1.05. The molecule has 1 aromatic carbocycles. The van der Waals surface area contributed by atoms with Gasteiger partial charge in [-0.1, -0.05) is 18.2 Å². The molecule has 0 aromatic heterocycles. The van der Waals surface area contributed by atoms with Gasteiger partial charge in [0.2, 0.25) is 0 Å². The van der Waals surface area contributed by atoms with E-state index in [0.717, 1.165) is 4.90 Å². The summed E-state index contributed by atoms with van der Waals surface area (Å²) in [6.07, 6.45) is 0. The standard InChI is InChI=1S/C6H6S.C4H9.Cu.Li/c7-6-4-2-1-3-5-6;1-4(2)3;;/h1-5,7H;1-3H3;;/q;-1;+1;. The summed E-state index contributed by atoms with van der Waals surface area (Å²) >= 11 is 4.08. The van der Waals surface area contributed by atoms with Gasteiger partial charge in [-0.3, -0.25) is 0 Å². The van der Waals surface area contributed by atoms with Crippen molar-refractivity contribution >= 4 is 31.5 Å². The van der Waals surface area contributed by atoms with Crippen molar-refractivity contribution < 1.29 is 17.1 Å². The molecule has 0 nitrogen and oxygen atoms in total. The molecule has 0 N–H and O–H groups in total. The normalized spacial score (nSPS) is 7.46. The minimum absolute atomic E-state index is 0. The Labute approximate surface area is 110 Å². The predicted octanol–water partition coefficient (Wildman–Crippen LogP) is 3.21. The van der Waals surface area contributed by atoms with Crippen molar-refractivity contribution in [1.82, 2.24) is 0 Å². The van der Waals surface area contributed by atoms with Gasteiger partial charge in [0.05, 0.1) is 0 Å². The van der Waals surface area contributed by atoms with Crippen molar-refractivity contribution in [1.29, 1.82) is 0 Å². The van der Waals surface area contributed by atoms with Crippen LogP contribution in [-0.4, -0.2) is 18.9 Å². The summed E-state index contributed by atoms with van der Waals surface area (Å²) in [5.74, 6) is 1.42. The second kappa shape index (κ2) is 12.7. The van der Waals surface area contributed by atoms with Gasteiger partial charge in [-0.2, -0.15) is 20.8 Å². The van der Waals surface area contributed by atoms with Gasteiger partial charge in [-0.25, -0.2) is 0 Å². The van der Waals surface area contributed by atoms with Crippen LogP contribution in [0.15, 0.2) is 35.2 Å². The van der Waals surface area contributed by atoms with Crippen molar-refractivity contribution in [2.45, 2.75) is 25.7 Å². The SMILES string of the molecule is C[C-](C)C.Sc1ccccc1.[Cu+].[Li]. The zero-order chi connectivity index (χ0) is 8.69. The number of benzene rings is 1. The Morgan fingerprint density at radius 2 is 1.31 bits per heavy atom. The van der Waals surface area contributed by atoms with Crippen LogP contribution in [0, 0.1) is 5.92 Å². The van der Waals surface area contributed by atoms with Gasteiger partial charge in [0.25, 0.3) is 0 Å². The Morgan fingerprint density at radius 3 is 1.46 bits per heavy atom. The largest absolute Gasteiger partial charge is 1.00 e. The first-order valence-electron chi connectivity index (χ1n) is 3.63. The molecule has 1 radical (unpaired) electrons. The maximum atomic E-state index is 4.08. The fourth-order valence-electron chi connectivity index (χ4n) is 0.428. The third-order valence-electron chi connectivity index (χ3n) is 0.756. The molecule has 1 rings (SSSR count). The van der Waals surface area contributed by atoms with Crippen LogP contribution in [0.25, 0.3) is 0 Å². The summed E-state index contributed by atoms with van der Waals surface area (Å²) in [4.78, 5) is 1.02. The number of hydrogen-bond donors (Lipinski definition) is 1. The van der Waals surface area contributed by atoms with Gasteiger partial charge in [-0.05, 0) is 12.1 Å². The van der Waals surface area contributed by atoms with Gasteiger partial charge < -0.3 is 5.92 Å². The molecule has 0 saturated heterocycles.